The van der Waals surface area contributed by atoms with Crippen molar-refractivity contribution in [2.24, 2.45) is 0 Å². The van der Waals surface area contributed by atoms with Crippen molar-refractivity contribution in [1.29, 1.82) is 0 Å². The van der Waals surface area contributed by atoms with Gasteiger partial charge in [-0.15, -0.1) is 0 Å². The van der Waals surface area contributed by atoms with Crippen LogP contribution in [0, 0.1) is 0 Å². The maximum absolute atomic E-state index is 6.39. The van der Waals surface area contributed by atoms with E-state index in [-0.39, 0.29) is 0 Å². The third kappa shape index (κ3) is 3.60. The van der Waals surface area contributed by atoms with Crippen LogP contribution in [-0.4, -0.2) is 38.1 Å². The molecule has 8 heteroatoms. The van der Waals surface area contributed by atoms with Gasteiger partial charge in [-0.25, -0.2) is 9.97 Å². The molecule has 0 aliphatic carbocycles. The van der Waals surface area contributed by atoms with Crippen molar-refractivity contribution in [3.05, 3.63) is 97.1 Å². The fraction of sp³-hybridized carbons (Fsp3) is 0.152. The van der Waals surface area contributed by atoms with Gasteiger partial charge in [0.25, 0.3) is 0 Å². The maximum Gasteiger partial charge on any atom is 0.158 e. The van der Waals surface area contributed by atoms with Crippen LogP contribution in [-0.2, 0) is 0 Å². The first-order valence-corrected chi connectivity index (χ1v) is 13.7. The monoisotopic (exact) mass is 537 g/mol. The molecule has 0 radical (unpaired) electrons. The lowest BCUT2D eigenvalue weighted by Crippen LogP contribution is -2.24. The summed E-state index contributed by atoms with van der Waals surface area (Å²) in [7, 11) is 2.06. The van der Waals surface area contributed by atoms with Gasteiger partial charge in [-0.1, -0.05) is 38.1 Å². The fourth-order valence-electron chi connectivity index (χ4n) is 6.01. The first kappa shape index (κ1) is 23.6. The summed E-state index contributed by atoms with van der Waals surface area (Å²) in [5, 5.41) is 2.09. The van der Waals surface area contributed by atoms with Gasteiger partial charge in [0, 0.05) is 30.1 Å². The highest BCUT2D eigenvalue weighted by Gasteiger charge is 2.26. The molecule has 0 spiro atoms. The Bertz CT molecular complexity index is 2130. The third-order valence-corrected chi connectivity index (χ3v) is 7.87. The lowest BCUT2D eigenvalue weighted by Gasteiger charge is -2.19. The van der Waals surface area contributed by atoms with Gasteiger partial charge in [-0.05, 0) is 47.9 Å². The molecule has 0 saturated carbocycles. The molecule has 1 aliphatic rings. The van der Waals surface area contributed by atoms with Crippen LogP contribution in [0.25, 0.3) is 38.5 Å². The molecule has 5 aromatic heterocycles. The second kappa shape index (κ2) is 8.89. The highest BCUT2D eigenvalue weighted by atomic mass is 16.5. The summed E-state index contributed by atoms with van der Waals surface area (Å²) < 4.78 is 8.64. The van der Waals surface area contributed by atoms with E-state index in [9.17, 15) is 0 Å². The second-order valence-electron chi connectivity index (χ2n) is 10.8. The number of hydrogen-bond donors (Lipinski definition) is 0. The van der Waals surface area contributed by atoms with E-state index in [0.29, 0.717) is 24.1 Å². The van der Waals surface area contributed by atoms with E-state index in [1.54, 1.807) is 12.4 Å². The van der Waals surface area contributed by atoms with Gasteiger partial charge >= 0.3 is 0 Å². The molecule has 200 valence electrons. The summed E-state index contributed by atoms with van der Waals surface area (Å²) in [6, 6.07) is 22.8. The molecule has 0 atom stereocenters. The lowest BCUT2D eigenvalue weighted by atomic mass is 9.96. The number of anilines is 3. The van der Waals surface area contributed by atoms with Crippen molar-refractivity contribution >= 4 is 55.7 Å². The molecule has 41 heavy (non-hydrogen) atoms. The molecule has 0 unspecified atom stereocenters. The molecule has 0 amide bonds. The Hall–Kier alpha value is -5.24. The minimum absolute atomic E-state index is 0.338. The highest BCUT2D eigenvalue weighted by Crippen LogP contribution is 2.40. The Kier molecular flexibility index (Phi) is 5.12. The Labute approximate surface area is 236 Å². The Morgan fingerprint density at radius 2 is 1.71 bits per heavy atom. The average molecular weight is 538 g/mol. The van der Waals surface area contributed by atoms with E-state index in [2.05, 4.69) is 87.5 Å². The van der Waals surface area contributed by atoms with Gasteiger partial charge in [0.2, 0.25) is 0 Å². The molecule has 0 fully saturated rings. The zero-order chi connectivity index (χ0) is 27.7. The molecule has 8 nitrogen and oxygen atoms in total. The largest absolute Gasteiger partial charge is 0.454 e. The zero-order valence-corrected chi connectivity index (χ0v) is 23.0. The number of hydrogen-bond acceptors (Lipinski definition) is 7. The van der Waals surface area contributed by atoms with Crippen LogP contribution in [0.3, 0.4) is 0 Å². The van der Waals surface area contributed by atoms with Gasteiger partial charge in [0.1, 0.15) is 17.1 Å². The number of pyridine rings is 4. The fourth-order valence-corrected chi connectivity index (χ4v) is 6.01. The van der Waals surface area contributed by atoms with Crippen LogP contribution in [0.1, 0.15) is 25.3 Å². The van der Waals surface area contributed by atoms with E-state index in [1.165, 1.54) is 5.56 Å². The van der Waals surface area contributed by atoms with Gasteiger partial charge in [-0.3, -0.25) is 14.4 Å². The topological polar surface area (TPSA) is 71.7 Å². The summed E-state index contributed by atoms with van der Waals surface area (Å²) in [5.41, 5.74) is 8.17. The van der Waals surface area contributed by atoms with E-state index in [0.717, 1.165) is 55.7 Å². The van der Waals surface area contributed by atoms with Crippen LogP contribution in [0.2, 0.25) is 0 Å². The predicted octanol–water partition coefficient (Wildman–Crippen LogP) is 7.44. The van der Waals surface area contributed by atoms with Crippen molar-refractivity contribution in [3.8, 4) is 11.5 Å². The number of fused-ring (bicyclic) bond motifs is 9. The Balaban J connectivity index is 1.28. The number of para-hydroxylation sites is 2. The summed E-state index contributed by atoms with van der Waals surface area (Å²) in [6.45, 7) is 5.13. The number of benzene rings is 2. The highest BCUT2D eigenvalue weighted by molar-refractivity contribution is 6.13. The summed E-state index contributed by atoms with van der Waals surface area (Å²) in [6.07, 6.45) is 7.17. The van der Waals surface area contributed by atoms with Crippen LogP contribution in [0.4, 0.5) is 17.2 Å². The van der Waals surface area contributed by atoms with E-state index in [1.807, 2.05) is 36.7 Å². The van der Waals surface area contributed by atoms with Crippen LogP contribution in [0.5, 0.6) is 11.5 Å². The van der Waals surface area contributed by atoms with Crippen LogP contribution >= 0.6 is 0 Å². The molecular weight excluding hydrogens is 510 g/mol. The minimum atomic E-state index is 0.338. The number of aromatic nitrogens is 5. The molecule has 7 aromatic rings. The predicted molar refractivity (Wildman–Crippen MR) is 164 cm³/mol. The third-order valence-electron chi connectivity index (χ3n) is 7.87. The summed E-state index contributed by atoms with van der Waals surface area (Å²) >= 11 is 0. The molecule has 0 saturated heterocycles. The van der Waals surface area contributed by atoms with Crippen molar-refractivity contribution in [1.82, 2.24) is 24.3 Å². The first-order valence-electron chi connectivity index (χ1n) is 13.7. The van der Waals surface area contributed by atoms with Crippen LogP contribution < -0.4 is 14.5 Å². The first-order chi connectivity index (χ1) is 20.1. The molecule has 0 N–H and O–H groups in total. The van der Waals surface area contributed by atoms with E-state index >= 15 is 0 Å². The number of rotatable bonds is 4. The van der Waals surface area contributed by atoms with Crippen molar-refractivity contribution in [2.45, 2.75) is 19.8 Å². The summed E-state index contributed by atoms with van der Waals surface area (Å²) in [4.78, 5) is 23.4. The quantitative estimate of drug-likeness (QED) is 0.216. The van der Waals surface area contributed by atoms with E-state index in [4.69, 9.17) is 14.7 Å². The number of imidazole rings is 1. The van der Waals surface area contributed by atoms with Gasteiger partial charge in [0.15, 0.2) is 5.82 Å². The standard InChI is InChI=1S/C33H27N7O/c1-20(2)24-8-6-11-28-30(24)31-25(32-37-26-9-4-5-10-27(26)40(28)32)15-23(18-36-31)41-22-14-21(16-34-17-22)39-19-38(3)29-12-7-13-35-33(29)39/h4-18,20H,19H2,1-3H3. The summed E-state index contributed by atoms with van der Waals surface area (Å²) in [5.74, 6) is 2.50. The number of nitrogens with zero attached hydrogens (tertiary/aromatic N) is 7. The SMILES string of the molecule is CC(C)c1cccc2c1c1ncc(Oc3cncc(N4CN(C)c5cccnc54)c3)cc1c1nc3ccccc3n21. The Morgan fingerprint density at radius 3 is 2.61 bits per heavy atom. The molecule has 1 aliphatic heterocycles. The minimum Gasteiger partial charge on any atom is -0.454 e. The Morgan fingerprint density at radius 1 is 0.854 bits per heavy atom. The zero-order valence-electron chi connectivity index (χ0n) is 23.0. The van der Waals surface area contributed by atoms with Gasteiger partial charge in [-0.2, -0.15) is 0 Å². The average Bonchev–Trinajstić information content (AvgIpc) is 3.56. The second-order valence-corrected chi connectivity index (χ2v) is 10.8. The van der Waals surface area contributed by atoms with Crippen molar-refractivity contribution in [2.75, 3.05) is 23.5 Å². The van der Waals surface area contributed by atoms with Crippen molar-refractivity contribution < 1.29 is 4.74 Å². The molecule has 8 rings (SSSR count). The maximum atomic E-state index is 6.39. The molecule has 6 heterocycles. The molecule has 2 aromatic carbocycles. The molecular formula is C33H27N7O. The van der Waals surface area contributed by atoms with Crippen LogP contribution in [0.15, 0.2) is 91.5 Å². The normalized spacial score (nSPS) is 13.3. The van der Waals surface area contributed by atoms with Gasteiger partial charge < -0.3 is 14.5 Å². The molecule has 0 bridgehead atoms. The van der Waals surface area contributed by atoms with Gasteiger partial charge in [0.05, 0.1) is 58.7 Å². The lowest BCUT2D eigenvalue weighted by molar-refractivity contribution is 0.479. The number of ether oxygens (including phenoxy) is 1. The van der Waals surface area contributed by atoms with E-state index < -0.39 is 0 Å². The smallest absolute Gasteiger partial charge is 0.158 e. The van der Waals surface area contributed by atoms with Crippen molar-refractivity contribution in [3.63, 3.8) is 0 Å².